The number of nitrogen functional groups attached to an aromatic ring is 1. The zero-order valence-electron chi connectivity index (χ0n) is 11.0. The number of ether oxygens (including phenoxy) is 1. The van der Waals surface area contributed by atoms with Crippen molar-refractivity contribution in [1.82, 2.24) is 19.5 Å². The monoisotopic (exact) mass is 329 g/mol. The largest absolute Gasteiger partial charge is 0.472 e. The molecule has 2 unspecified atom stereocenters. The molecular weight excluding hydrogens is 317 g/mol. The van der Waals surface area contributed by atoms with Crippen molar-refractivity contribution in [3.05, 3.63) is 12.7 Å². The normalized spacial score (nSPS) is 38.3. The van der Waals surface area contributed by atoms with Crippen molar-refractivity contribution in [3.8, 4) is 0 Å². The summed E-state index contributed by atoms with van der Waals surface area (Å²) < 4.78 is 28.2. The van der Waals surface area contributed by atoms with Crippen LogP contribution in [0.5, 0.6) is 0 Å². The second kappa shape index (κ2) is 4.69. The quantitative estimate of drug-likeness (QED) is 0.565. The van der Waals surface area contributed by atoms with Gasteiger partial charge in [0, 0.05) is 0 Å². The van der Waals surface area contributed by atoms with Gasteiger partial charge in [0.25, 0.3) is 0 Å². The molecule has 4 N–H and O–H groups in total. The molecular formula is C10H12N5O6P. The molecule has 0 aliphatic carbocycles. The molecule has 2 saturated heterocycles. The van der Waals surface area contributed by atoms with Crippen LogP contribution < -0.4 is 5.73 Å². The summed E-state index contributed by atoms with van der Waals surface area (Å²) in [5.41, 5.74) is 6.46. The molecule has 5 atom stereocenters. The Kier molecular flexibility index (Phi) is 2.98. The van der Waals surface area contributed by atoms with Gasteiger partial charge in [-0.1, -0.05) is 0 Å². The van der Waals surface area contributed by atoms with Crippen molar-refractivity contribution in [3.63, 3.8) is 0 Å². The first-order chi connectivity index (χ1) is 10.5. The number of hydrogen-bond acceptors (Lipinski definition) is 9. The molecule has 0 amide bonds. The average molecular weight is 329 g/mol. The third kappa shape index (κ3) is 2.02. The first kappa shape index (κ1) is 14.0. The van der Waals surface area contributed by atoms with Crippen LogP contribution in [0.15, 0.2) is 12.7 Å². The molecule has 0 spiro atoms. The highest BCUT2D eigenvalue weighted by atomic mass is 31.2. The van der Waals surface area contributed by atoms with Crippen LogP contribution in [0.25, 0.3) is 11.2 Å². The number of nitrogens with two attached hydrogens (primary N) is 1. The Balaban J connectivity index is 1.71. The lowest BCUT2D eigenvalue weighted by molar-refractivity contribution is -0.0664. The third-order valence-corrected chi connectivity index (χ3v) is 4.61. The van der Waals surface area contributed by atoms with Gasteiger partial charge in [-0.3, -0.25) is 13.6 Å². The second-order valence-corrected chi connectivity index (χ2v) is 6.38. The van der Waals surface area contributed by atoms with Crippen molar-refractivity contribution in [2.45, 2.75) is 24.5 Å². The number of rotatable bonds is 1. The van der Waals surface area contributed by atoms with E-state index in [4.69, 9.17) is 15.0 Å². The number of anilines is 1. The Hall–Kier alpha value is -1.62. The van der Waals surface area contributed by atoms with E-state index in [1.807, 2.05) is 0 Å². The first-order valence-corrected chi connectivity index (χ1v) is 7.88. The van der Waals surface area contributed by atoms with Crippen LogP contribution in [0.3, 0.4) is 0 Å². The van der Waals surface area contributed by atoms with Crippen LogP contribution in [0, 0.1) is 0 Å². The number of fused-ring (bicyclic) bond motifs is 2. The Morgan fingerprint density at radius 1 is 1.41 bits per heavy atom. The highest BCUT2D eigenvalue weighted by Crippen LogP contribution is 2.52. The van der Waals surface area contributed by atoms with Gasteiger partial charge in [-0.2, -0.15) is 0 Å². The fourth-order valence-electron chi connectivity index (χ4n) is 2.62. The van der Waals surface area contributed by atoms with Crippen LogP contribution >= 0.6 is 7.82 Å². The van der Waals surface area contributed by atoms with E-state index in [2.05, 4.69) is 19.5 Å². The number of phosphoric acid groups is 1. The van der Waals surface area contributed by atoms with Crippen LogP contribution in [-0.2, 0) is 18.3 Å². The maximum atomic E-state index is 11.5. The summed E-state index contributed by atoms with van der Waals surface area (Å²) in [5, 5.41) is 10.4. The summed E-state index contributed by atoms with van der Waals surface area (Å²) in [5.74, 6) is 0.202. The number of imidazole rings is 1. The molecule has 0 bridgehead atoms. The minimum Gasteiger partial charge on any atom is -0.386 e. The molecule has 22 heavy (non-hydrogen) atoms. The molecule has 4 heterocycles. The van der Waals surface area contributed by atoms with E-state index in [1.54, 1.807) is 0 Å². The lowest BCUT2D eigenvalue weighted by Gasteiger charge is -2.27. The highest BCUT2D eigenvalue weighted by Gasteiger charge is 2.52. The number of phosphoric ester groups is 1. The van der Waals surface area contributed by atoms with Gasteiger partial charge in [-0.15, -0.1) is 0 Å². The van der Waals surface area contributed by atoms with Crippen LogP contribution in [0.1, 0.15) is 6.23 Å². The topological polar surface area (TPSA) is 155 Å². The number of aliphatic hydroxyl groups is 1. The molecule has 2 aromatic heterocycles. The fraction of sp³-hybridized carbons (Fsp3) is 0.500. The number of aromatic nitrogens is 4. The Morgan fingerprint density at radius 3 is 3.05 bits per heavy atom. The molecule has 4 rings (SSSR count). The van der Waals surface area contributed by atoms with Gasteiger partial charge in [0.2, 0.25) is 0 Å². The zero-order valence-corrected chi connectivity index (χ0v) is 11.9. The molecule has 118 valence electrons. The van der Waals surface area contributed by atoms with Gasteiger partial charge in [-0.05, 0) is 0 Å². The Bertz CT molecular complexity index is 782. The molecule has 11 nitrogen and oxygen atoms in total. The van der Waals surface area contributed by atoms with E-state index in [0.29, 0.717) is 11.2 Å². The van der Waals surface area contributed by atoms with Gasteiger partial charge in [0.1, 0.15) is 30.2 Å². The predicted molar refractivity (Wildman–Crippen MR) is 70.3 cm³/mol. The van der Waals surface area contributed by atoms with E-state index >= 15 is 0 Å². The highest BCUT2D eigenvalue weighted by molar-refractivity contribution is 7.47. The summed E-state index contributed by atoms with van der Waals surface area (Å²) in [4.78, 5) is 21.3. The Morgan fingerprint density at radius 2 is 2.23 bits per heavy atom. The maximum absolute atomic E-state index is 11.5. The van der Waals surface area contributed by atoms with Crippen molar-refractivity contribution in [2.75, 3.05) is 12.3 Å². The summed E-state index contributed by atoms with van der Waals surface area (Å²) in [6.45, 7) is -0.157. The summed E-state index contributed by atoms with van der Waals surface area (Å²) >= 11 is 0. The molecule has 2 aromatic rings. The lowest BCUT2D eigenvalue weighted by atomic mass is 10.1. The van der Waals surface area contributed by atoms with Crippen LogP contribution in [0.2, 0.25) is 0 Å². The smallest absolute Gasteiger partial charge is 0.386 e. The van der Waals surface area contributed by atoms with Gasteiger partial charge in [0.05, 0.1) is 12.9 Å². The number of aliphatic hydroxyl groups excluding tert-OH is 1. The fourth-order valence-corrected chi connectivity index (χ4v) is 3.59. The number of hydrogen-bond donors (Lipinski definition) is 3. The summed E-state index contributed by atoms with van der Waals surface area (Å²) in [6.07, 6.45) is -1.07. The van der Waals surface area contributed by atoms with Crippen LogP contribution in [-0.4, -0.2) is 54.4 Å². The average Bonchev–Trinajstić information content (AvgIpc) is 3.01. The van der Waals surface area contributed by atoms with E-state index in [-0.39, 0.29) is 12.4 Å². The molecule has 12 heteroatoms. The molecule has 0 aromatic carbocycles. The van der Waals surface area contributed by atoms with Gasteiger partial charge in [0.15, 0.2) is 17.7 Å². The molecule has 0 saturated carbocycles. The second-order valence-electron chi connectivity index (χ2n) is 4.97. The third-order valence-electron chi connectivity index (χ3n) is 3.63. The van der Waals surface area contributed by atoms with E-state index < -0.39 is 32.4 Å². The van der Waals surface area contributed by atoms with Crippen LogP contribution in [0.4, 0.5) is 5.82 Å². The van der Waals surface area contributed by atoms with Crippen molar-refractivity contribution in [2.24, 2.45) is 0 Å². The zero-order chi connectivity index (χ0) is 15.5. The van der Waals surface area contributed by atoms with Crippen molar-refractivity contribution >= 4 is 24.8 Å². The van der Waals surface area contributed by atoms with Gasteiger partial charge in [-0.25, -0.2) is 19.5 Å². The van der Waals surface area contributed by atoms with Crippen molar-refractivity contribution < 1.29 is 28.3 Å². The number of nitrogens with zero attached hydrogens (tertiary/aromatic N) is 4. The molecule has 2 fully saturated rings. The van der Waals surface area contributed by atoms with Gasteiger partial charge >= 0.3 is 7.82 Å². The van der Waals surface area contributed by atoms with Crippen molar-refractivity contribution in [1.29, 1.82) is 0 Å². The summed E-state index contributed by atoms with van der Waals surface area (Å²) in [6, 6.07) is 0. The van der Waals surface area contributed by atoms with E-state index in [9.17, 15) is 14.6 Å². The lowest BCUT2D eigenvalue weighted by Crippen LogP contribution is -2.39. The standard InChI is InChI=1S/C10H12N5O6P/c11-8-5-9(13-2-12-8)15(3-14-5)10-6(16)7-4(20-10)1-19-22(17,18)21-7/h2-4,6-7,10,16H,1H2,(H,17,18)(H2,11,12,13)/t4-,6+,7?,10-/m1/s1. The van der Waals surface area contributed by atoms with Gasteiger partial charge < -0.3 is 20.5 Å². The molecule has 2 aliphatic heterocycles. The Labute approximate surface area is 123 Å². The molecule has 0 radical (unpaired) electrons. The summed E-state index contributed by atoms with van der Waals surface area (Å²) in [7, 11) is -4.16. The minimum atomic E-state index is -4.16. The predicted octanol–water partition coefficient (Wildman–Crippen LogP) is -0.817. The molecule has 2 aliphatic rings. The minimum absolute atomic E-state index is 0.157. The van der Waals surface area contributed by atoms with E-state index in [1.165, 1.54) is 17.2 Å². The van der Waals surface area contributed by atoms with E-state index in [0.717, 1.165) is 0 Å². The SMILES string of the molecule is Nc1ncnc2c1ncn2[C@@H]1O[C@@H]2COP(=O)(O)OC2[C@@H]1O. The first-order valence-electron chi connectivity index (χ1n) is 6.38. The maximum Gasteiger partial charge on any atom is 0.472 e.